The normalized spacial score (nSPS) is 13.0. The third-order valence-corrected chi connectivity index (χ3v) is 5.59. The van der Waals surface area contributed by atoms with Gasteiger partial charge in [-0.15, -0.1) is 5.10 Å². The van der Waals surface area contributed by atoms with Crippen molar-refractivity contribution in [1.82, 2.24) is 20.0 Å². The molecule has 0 saturated heterocycles. The second-order valence-corrected chi connectivity index (χ2v) is 7.93. The first kappa shape index (κ1) is 21.5. The van der Waals surface area contributed by atoms with Crippen LogP contribution in [0.15, 0.2) is 60.8 Å². The molecule has 0 spiro atoms. The van der Waals surface area contributed by atoms with Crippen LogP contribution in [0.4, 0.5) is 19.0 Å². The largest absolute Gasteiger partial charge is 0.417 e. The van der Waals surface area contributed by atoms with Gasteiger partial charge in [-0.05, 0) is 29.8 Å². The molecule has 2 heterocycles. The van der Waals surface area contributed by atoms with Gasteiger partial charge in [0, 0.05) is 37.0 Å². The fraction of sp³-hybridized carbons (Fsp3) is 0.125. The molecule has 10 heteroatoms. The van der Waals surface area contributed by atoms with Crippen molar-refractivity contribution in [3.63, 3.8) is 0 Å². The highest BCUT2D eigenvalue weighted by Gasteiger charge is 2.37. The molecule has 2 aromatic heterocycles. The summed E-state index contributed by atoms with van der Waals surface area (Å²) in [5.41, 5.74) is -0.769. The van der Waals surface area contributed by atoms with Crippen LogP contribution in [-0.2, 0) is 6.18 Å². The number of nitrogens with zero attached hydrogens (tertiary/aromatic N) is 5. The minimum atomic E-state index is -4.70. The number of aromatic nitrogens is 4. The second kappa shape index (κ2) is 7.62. The van der Waals surface area contributed by atoms with E-state index in [1.807, 2.05) is 0 Å². The van der Waals surface area contributed by atoms with Crippen LogP contribution in [0.1, 0.15) is 37.7 Å². The van der Waals surface area contributed by atoms with Crippen LogP contribution in [-0.4, -0.2) is 45.6 Å². The Balaban J connectivity index is 1.64. The summed E-state index contributed by atoms with van der Waals surface area (Å²) in [6.45, 7) is 0. The number of fused-ring (bicyclic) bond motifs is 2. The molecule has 0 aliphatic heterocycles. The highest BCUT2D eigenvalue weighted by molar-refractivity contribution is 6.27. The van der Waals surface area contributed by atoms with E-state index in [4.69, 9.17) is 0 Å². The Morgan fingerprint density at radius 3 is 2.21 bits per heavy atom. The molecule has 7 nitrogen and oxygen atoms in total. The smallest absolute Gasteiger partial charge is 0.363 e. The van der Waals surface area contributed by atoms with E-state index in [0.29, 0.717) is 5.82 Å². The van der Waals surface area contributed by atoms with E-state index < -0.39 is 23.3 Å². The van der Waals surface area contributed by atoms with Crippen molar-refractivity contribution in [2.45, 2.75) is 6.18 Å². The zero-order valence-electron chi connectivity index (χ0n) is 18.0. The van der Waals surface area contributed by atoms with E-state index >= 15 is 0 Å². The SMILES string of the molecule is CN(C)c1ccc(-c2ccc(-n3nnc4c3C(=O)c3ccccc3C4=O)cc2C(F)(F)F)cn1. The lowest BCUT2D eigenvalue weighted by Gasteiger charge is -2.17. The number of halogens is 3. The number of carbonyl (C=O) groups is 2. The van der Waals surface area contributed by atoms with Gasteiger partial charge < -0.3 is 4.90 Å². The Hall–Kier alpha value is -4.34. The molecule has 0 N–H and O–H groups in total. The van der Waals surface area contributed by atoms with E-state index in [2.05, 4.69) is 15.3 Å². The van der Waals surface area contributed by atoms with Gasteiger partial charge in [-0.1, -0.05) is 35.5 Å². The number of hydrogen-bond acceptors (Lipinski definition) is 6. The Bertz CT molecular complexity index is 1460. The highest BCUT2D eigenvalue weighted by atomic mass is 19.4. The molecule has 1 aliphatic rings. The Morgan fingerprint density at radius 1 is 0.882 bits per heavy atom. The van der Waals surface area contributed by atoms with Crippen molar-refractivity contribution in [2.24, 2.45) is 0 Å². The fourth-order valence-corrected chi connectivity index (χ4v) is 3.91. The van der Waals surface area contributed by atoms with E-state index in [1.54, 1.807) is 43.3 Å². The number of hydrogen-bond donors (Lipinski definition) is 0. The molecule has 1 aliphatic carbocycles. The van der Waals surface area contributed by atoms with Crippen molar-refractivity contribution in [2.75, 3.05) is 19.0 Å². The number of pyridine rings is 1. The molecule has 0 saturated carbocycles. The first-order valence-electron chi connectivity index (χ1n) is 10.2. The molecular weight excluding hydrogens is 447 g/mol. The summed E-state index contributed by atoms with van der Waals surface area (Å²) >= 11 is 0. The summed E-state index contributed by atoms with van der Waals surface area (Å²) in [5.74, 6) is -0.431. The zero-order valence-corrected chi connectivity index (χ0v) is 18.0. The number of ketones is 2. The lowest BCUT2D eigenvalue weighted by Crippen LogP contribution is -2.23. The maximum Gasteiger partial charge on any atom is 0.417 e. The lowest BCUT2D eigenvalue weighted by atomic mass is 9.90. The molecule has 0 amide bonds. The molecule has 5 rings (SSSR count). The van der Waals surface area contributed by atoms with Crippen LogP contribution in [0.5, 0.6) is 0 Å². The number of benzene rings is 2. The third-order valence-electron chi connectivity index (χ3n) is 5.59. The number of rotatable bonds is 3. The molecular formula is C24H16F3N5O2. The van der Waals surface area contributed by atoms with E-state index in [-0.39, 0.29) is 39.3 Å². The number of alkyl halides is 3. The predicted molar refractivity (Wildman–Crippen MR) is 117 cm³/mol. The van der Waals surface area contributed by atoms with Crippen LogP contribution in [0, 0.1) is 0 Å². The molecule has 0 unspecified atom stereocenters. The standard InChI is InChI=1S/C24H16F3N5O2/c1-31(2)19-10-7-13(12-28-19)15-9-8-14(11-18(15)24(25,26)27)32-21-20(29-30-32)22(33)16-5-3-4-6-17(16)23(21)34/h3-12H,1-2H3. The molecule has 170 valence electrons. The van der Waals surface area contributed by atoms with Gasteiger partial charge in [0.25, 0.3) is 0 Å². The van der Waals surface area contributed by atoms with Crippen molar-refractivity contribution in [1.29, 1.82) is 0 Å². The first-order valence-corrected chi connectivity index (χ1v) is 10.2. The quantitative estimate of drug-likeness (QED) is 0.399. The topological polar surface area (TPSA) is 81.0 Å². The van der Waals surface area contributed by atoms with Crippen LogP contribution >= 0.6 is 0 Å². The number of anilines is 1. The zero-order chi connectivity index (χ0) is 24.2. The summed E-state index contributed by atoms with van der Waals surface area (Å²) in [6.07, 6.45) is -3.32. The minimum absolute atomic E-state index is 0.0387. The molecule has 0 bridgehead atoms. The summed E-state index contributed by atoms with van der Waals surface area (Å²) < 4.78 is 43.1. The summed E-state index contributed by atoms with van der Waals surface area (Å²) in [5, 5.41) is 7.66. The van der Waals surface area contributed by atoms with Gasteiger partial charge >= 0.3 is 6.18 Å². The van der Waals surface area contributed by atoms with Crippen LogP contribution in [0.25, 0.3) is 16.8 Å². The van der Waals surface area contributed by atoms with E-state index in [9.17, 15) is 22.8 Å². The average molecular weight is 463 g/mol. The molecule has 4 aromatic rings. The lowest BCUT2D eigenvalue weighted by molar-refractivity contribution is -0.137. The van der Waals surface area contributed by atoms with Crippen LogP contribution in [0.3, 0.4) is 0 Å². The molecule has 0 atom stereocenters. The van der Waals surface area contributed by atoms with Gasteiger partial charge in [-0.25, -0.2) is 9.67 Å². The molecule has 34 heavy (non-hydrogen) atoms. The van der Waals surface area contributed by atoms with Crippen molar-refractivity contribution in [3.8, 4) is 16.8 Å². The van der Waals surface area contributed by atoms with E-state index in [0.717, 1.165) is 10.7 Å². The monoisotopic (exact) mass is 463 g/mol. The number of carbonyl (C=O) groups excluding carboxylic acids is 2. The summed E-state index contributed by atoms with van der Waals surface area (Å²) in [6, 6.07) is 13.0. The maximum absolute atomic E-state index is 14.0. The van der Waals surface area contributed by atoms with Crippen molar-refractivity contribution < 1.29 is 22.8 Å². The van der Waals surface area contributed by atoms with Crippen molar-refractivity contribution in [3.05, 3.63) is 88.9 Å². The summed E-state index contributed by atoms with van der Waals surface area (Å²) in [7, 11) is 3.56. The van der Waals surface area contributed by atoms with E-state index in [1.165, 1.54) is 30.5 Å². The van der Waals surface area contributed by atoms with Crippen LogP contribution in [0.2, 0.25) is 0 Å². The predicted octanol–water partition coefficient (Wildman–Crippen LogP) is 4.19. The van der Waals surface area contributed by atoms with Gasteiger partial charge in [-0.3, -0.25) is 9.59 Å². The average Bonchev–Trinajstić information content (AvgIpc) is 3.27. The molecule has 2 aromatic carbocycles. The Labute approximate surface area is 191 Å². The van der Waals surface area contributed by atoms with Gasteiger partial charge in [0.05, 0.1) is 11.3 Å². The maximum atomic E-state index is 14.0. The fourth-order valence-electron chi connectivity index (χ4n) is 3.91. The molecule has 0 fully saturated rings. The van der Waals surface area contributed by atoms with Crippen molar-refractivity contribution >= 4 is 17.4 Å². The van der Waals surface area contributed by atoms with Gasteiger partial charge in [-0.2, -0.15) is 13.2 Å². The summed E-state index contributed by atoms with van der Waals surface area (Å²) in [4.78, 5) is 31.8. The highest BCUT2D eigenvalue weighted by Crippen LogP contribution is 2.39. The Kier molecular flexibility index (Phi) is 4.82. The van der Waals surface area contributed by atoms with Crippen LogP contribution < -0.4 is 4.90 Å². The van der Waals surface area contributed by atoms with Gasteiger partial charge in [0.1, 0.15) is 11.5 Å². The Morgan fingerprint density at radius 2 is 1.59 bits per heavy atom. The van der Waals surface area contributed by atoms with Gasteiger partial charge in [0.2, 0.25) is 11.6 Å². The van der Waals surface area contributed by atoms with Gasteiger partial charge in [0.15, 0.2) is 5.69 Å². The first-order chi connectivity index (χ1) is 16.2. The minimum Gasteiger partial charge on any atom is -0.363 e. The molecule has 0 radical (unpaired) electrons. The third kappa shape index (κ3) is 3.35. The second-order valence-electron chi connectivity index (χ2n) is 7.93.